The minimum absolute atomic E-state index is 0.689. The summed E-state index contributed by atoms with van der Waals surface area (Å²) >= 11 is 6.19. The summed E-state index contributed by atoms with van der Waals surface area (Å²) in [6.45, 7) is 4.95. The Morgan fingerprint density at radius 3 is 2.61 bits per heavy atom. The van der Waals surface area contributed by atoms with Crippen molar-refractivity contribution >= 4 is 17.3 Å². The smallest absolute Gasteiger partial charge is 0.0677 e. The van der Waals surface area contributed by atoms with Gasteiger partial charge in [0.15, 0.2) is 0 Å². The Kier molecular flexibility index (Phi) is 3.92. The highest BCUT2D eigenvalue weighted by Crippen LogP contribution is 2.21. The topological polar surface area (TPSA) is 43.8 Å². The first kappa shape index (κ1) is 13.0. The van der Waals surface area contributed by atoms with Crippen LogP contribution < -0.4 is 5.73 Å². The average molecular weight is 264 g/mol. The number of nitrogen functional groups attached to an aromatic ring is 1. The van der Waals surface area contributed by atoms with E-state index in [9.17, 15) is 0 Å². The normalized spacial score (nSPS) is 10.8. The molecule has 96 valence electrons. The lowest BCUT2D eigenvalue weighted by molar-refractivity contribution is 0.640. The van der Waals surface area contributed by atoms with Crippen LogP contribution in [0.3, 0.4) is 0 Å². The third-order valence-corrected chi connectivity index (χ3v) is 3.39. The summed E-state index contributed by atoms with van der Waals surface area (Å²) in [5, 5.41) is 5.28. The van der Waals surface area contributed by atoms with Crippen molar-refractivity contribution in [2.75, 3.05) is 5.73 Å². The first-order valence-electron chi connectivity index (χ1n) is 6.23. The number of hydrogen-bond donors (Lipinski definition) is 1. The van der Waals surface area contributed by atoms with Crippen molar-refractivity contribution in [3.05, 3.63) is 46.2 Å². The molecule has 0 aliphatic carbocycles. The standard InChI is InChI=1S/C14H18ClN3/c1-3-12-8-13(4-2)18(17-12)9-10-5-6-11(16)7-14(10)15/h5-8H,3-4,9,16H2,1-2H3. The molecule has 18 heavy (non-hydrogen) atoms. The number of benzene rings is 1. The number of halogens is 1. The van der Waals surface area contributed by atoms with Gasteiger partial charge in [0.2, 0.25) is 0 Å². The Labute approximate surface area is 113 Å². The molecule has 2 N–H and O–H groups in total. The second-order valence-electron chi connectivity index (χ2n) is 4.34. The maximum atomic E-state index is 6.19. The van der Waals surface area contributed by atoms with Crippen LogP contribution in [-0.4, -0.2) is 9.78 Å². The van der Waals surface area contributed by atoms with Gasteiger partial charge in [0.25, 0.3) is 0 Å². The van der Waals surface area contributed by atoms with Gasteiger partial charge in [-0.15, -0.1) is 0 Å². The number of nitrogens with zero attached hydrogens (tertiary/aromatic N) is 2. The number of anilines is 1. The second kappa shape index (κ2) is 5.44. The van der Waals surface area contributed by atoms with E-state index in [0.29, 0.717) is 17.3 Å². The highest BCUT2D eigenvalue weighted by Gasteiger charge is 2.08. The van der Waals surface area contributed by atoms with Crippen LogP contribution in [0.4, 0.5) is 5.69 Å². The van der Waals surface area contributed by atoms with Gasteiger partial charge in [-0.05, 0) is 36.6 Å². The molecule has 0 saturated heterocycles. The van der Waals surface area contributed by atoms with Crippen LogP contribution in [-0.2, 0) is 19.4 Å². The molecule has 2 aromatic rings. The first-order chi connectivity index (χ1) is 8.63. The summed E-state index contributed by atoms with van der Waals surface area (Å²) in [7, 11) is 0. The number of nitrogens with two attached hydrogens (primary N) is 1. The molecule has 0 radical (unpaired) electrons. The fourth-order valence-corrected chi connectivity index (χ4v) is 2.21. The SMILES string of the molecule is CCc1cc(CC)n(Cc2ccc(N)cc2Cl)n1. The van der Waals surface area contributed by atoms with E-state index in [1.165, 1.54) is 5.69 Å². The van der Waals surface area contributed by atoms with Crippen LogP contribution >= 0.6 is 11.6 Å². The van der Waals surface area contributed by atoms with Crippen molar-refractivity contribution < 1.29 is 0 Å². The van der Waals surface area contributed by atoms with Crippen LogP contribution in [0.25, 0.3) is 0 Å². The van der Waals surface area contributed by atoms with Crippen molar-refractivity contribution in [1.82, 2.24) is 9.78 Å². The van der Waals surface area contributed by atoms with E-state index < -0.39 is 0 Å². The number of hydrogen-bond acceptors (Lipinski definition) is 2. The van der Waals surface area contributed by atoms with E-state index >= 15 is 0 Å². The Morgan fingerprint density at radius 1 is 1.22 bits per heavy atom. The molecule has 0 atom stereocenters. The van der Waals surface area contributed by atoms with Crippen LogP contribution in [0, 0.1) is 0 Å². The van der Waals surface area contributed by atoms with Gasteiger partial charge in [-0.3, -0.25) is 4.68 Å². The Hall–Kier alpha value is -1.48. The van der Waals surface area contributed by atoms with Gasteiger partial charge in [0.1, 0.15) is 0 Å². The molecular weight excluding hydrogens is 246 g/mol. The lowest BCUT2D eigenvalue weighted by Crippen LogP contribution is -2.06. The maximum Gasteiger partial charge on any atom is 0.0677 e. The molecule has 0 aliphatic rings. The maximum absolute atomic E-state index is 6.19. The second-order valence-corrected chi connectivity index (χ2v) is 4.75. The van der Waals surface area contributed by atoms with Gasteiger partial charge < -0.3 is 5.73 Å². The highest BCUT2D eigenvalue weighted by molar-refractivity contribution is 6.31. The van der Waals surface area contributed by atoms with Gasteiger partial charge in [-0.25, -0.2) is 0 Å². The fourth-order valence-electron chi connectivity index (χ4n) is 1.96. The molecule has 0 spiro atoms. The molecule has 0 amide bonds. The molecule has 0 bridgehead atoms. The van der Waals surface area contributed by atoms with Crippen molar-refractivity contribution in [2.24, 2.45) is 0 Å². The zero-order valence-electron chi connectivity index (χ0n) is 10.8. The predicted octanol–water partition coefficient (Wildman–Crippen LogP) is 3.29. The summed E-state index contributed by atoms with van der Waals surface area (Å²) in [4.78, 5) is 0. The van der Waals surface area contributed by atoms with Crippen molar-refractivity contribution in [1.29, 1.82) is 0 Å². The van der Waals surface area contributed by atoms with Crippen molar-refractivity contribution in [2.45, 2.75) is 33.2 Å². The van der Waals surface area contributed by atoms with Crippen LogP contribution in [0.5, 0.6) is 0 Å². The molecular formula is C14H18ClN3. The van der Waals surface area contributed by atoms with Gasteiger partial charge in [0.05, 0.1) is 12.2 Å². The zero-order valence-corrected chi connectivity index (χ0v) is 11.5. The summed E-state index contributed by atoms with van der Waals surface area (Å²) < 4.78 is 2.02. The Bertz CT molecular complexity index is 546. The minimum atomic E-state index is 0.689. The van der Waals surface area contributed by atoms with Crippen molar-refractivity contribution in [3.8, 4) is 0 Å². The van der Waals surface area contributed by atoms with E-state index in [1.807, 2.05) is 16.8 Å². The molecule has 1 aromatic carbocycles. The van der Waals surface area contributed by atoms with E-state index in [4.69, 9.17) is 17.3 Å². The molecule has 0 saturated carbocycles. The van der Waals surface area contributed by atoms with Gasteiger partial charge in [0, 0.05) is 16.4 Å². The number of rotatable bonds is 4. The van der Waals surface area contributed by atoms with Crippen LogP contribution in [0.2, 0.25) is 5.02 Å². The molecule has 3 nitrogen and oxygen atoms in total. The molecule has 4 heteroatoms. The molecule has 0 fully saturated rings. The minimum Gasteiger partial charge on any atom is -0.399 e. The van der Waals surface area contributed by atoms with Crippen molar-refractivity contribution in [3.63, 3.8) is 0 Å². The third kappa shape index (κ3) is 2.67. The summed E-state index contributed by atoms with van der Waals surface area (Å²) in [6.07, 6.45) is 1.93. The summed E-state index contributed by atoms with van der Waals surface area (Å²) in [5.74, 6) is 0. The largest absolute Gasteiger partial charge is 0.399 e. The Morgan fingerprint density at radius 2 is 2.00 bits per heavy atom. The van der Waals surface area contributed by atoms with E-state index in [2.05, 4.69) is 25.0 Å². The molecule has 0 unspecified atom stereocenters. The van der Waals surface area contributed by atoms with E-state index in [1.54, 1.807) is 6.07 Å². The van der Waals surface area contributed by atoms with Crippen LogP contribution in [0.15, 0.2) is 24.3 Å². The summed E-state index contributed by atoms with van der Waals surface area (Å²) in [5.41, 5.74) is 9.79. The third-order valence-electron chi connectivity index (χ3n) is 3.04. The molecule has 2 rings (SSSR count). The van der Waals surface area contributed by atoms with Gasteiger partial charge in [-0.2, -0.15) is 5.10 Å². The highest BCUT2D eigenvalue weighted by atomic mass is 35.5. The molecule has 0 aliphatic heterocycles. The lowest BCUT2D eigenvalue weighted by atomic mass is 10.2. The molecule has 1 aromatic heterocycles. The van der Waals surface area contributed by atoms with E-state index in [0.717, 1.165) is 24.1 Å². The van der Waals surface area contributed by atoms with Crippen LogP contribution in [0.1, 0.15) is 30.8 Å². The van der Waals surface area contributed by atoms with E-state index in [-0.39, 0.29) is 0 Å². The fraction of sp³-hybridized carbons (Fsp3) is 0.357. The monoisotopic (exact) mass is 263 g/mol. The van der Waals surface area contributed by atoms with Gasteiger partial charge in [-0.1, -0.05) is 31.5 Å². The average Bonchev–Trinajstić information content (AvgIpc) is 2.75. The van der Waals surface area contributed by atoms with Gasteiger partial charge >= 0.3 is 0 Å². The Balaban J connectivity index is 2.30. The zero-order chi connectivity index (χ0) is 13.1. The quantitative estimate of drug-likeness (QED) is 0.861. The first-order valence-corrected chi connectivity index (χ1v) is 6.61. The predicted molar refractivity (Wildman–Crippen MR) is 75.9 cm³/mol. The number of aromatic nitrogens is 2. The lowest BCUT2D eigenvalue weighted by Gasteiger charge is -2.08. The molecule has 1 heterocycles. The number of aryl methyl sites for hydroxylation is 2. The summed E-state index contributed by atoms with van der Waals surface area (Å²) in [6, 6.07) is 7.78.